The van der Waals surface area contributed by atoms with Crippen molar-refractivity contribution in [2.45, 2.75) is 0 Å². The molecular formula is C9H11N3O3. The maximum Gasteiger partial charge on any atom is 0.232 e. The molecule has 0 unspecified atom stereocenters. The summed E-state index contributed by atoms with van der Waals surface area (Å²) in [6, 6.07) is 0. The third kappa shape index (κ3) is 1.99. The summed E-state index contributed by atoms with van der Waals surface area (Å²) in [4.78, 5) is 4.01. The van der Waals surface area contributed by atoms with Crippen LogP contribution in [0.5, 0.6) is 11.6 Å². The van der Waals surface area contributed by atoms with Crippen LogP contribution in [0.1, 0.15) is 0 Å². The summed E-state index contributed by atoms with van der Waals surface area (Å²) in [6.45, 7) is 0.937. The monoisotopic (exact) mass is 209 g/mol. The first-order chi connectivity index (χ1) is 7.31. The predicted molar refractivity (Wildman–Crippen MR) is 52.0 cm³/mol. The average molecular weight is 209 g/mol. The molecule has 2 rings (SSSR count). The van der Waals surface area contributed by atoms with E-state index in [9.17, 15) is 5.11 Å². The van der Waals surface area contributed by atoms with Crippen molar-refractivity contribution in [3.8, 4) is 11.6 Å². The first-order valence-electron chi connectivity index (χ1n) is 4.45. The van der Waals surface area contributed by atoms with Crippen LogP contribution in [0.2, 0.25) is 0 Å². The minimum absolute atomic E-state index is 0.103. The zero-order chi connectivity index (χ0) is 10.7. The molecule has 0 amide bonds. The fourth-order valence-electron chi connectivity index (χ4n) is 1.16. The van der Waals surface area contributed by atoms with Crippen LogP contribution < -0.4 is 4.74 Å². The molecule has 0 aromatic carbocycles. The second-order valence-corrected chi connectivity index (χ2v) is 2.93. The van der Waals surface area contributed by atoms with Gasteiger partial charge in [0.15, 0.2) is 5.75 Å². The second kappa shape index (κ2) is 4.14. The van der Waals surface area contributed by atoms with Crippen molar-refractivity contribution in [2.24, 2.45) is 0 Å². The van der Waals surface area contributed by atoms with E-state index in [0.29, 0.717) is 24.6 Å². The highest BCUT2D eigenvalue weighted by Gasteiger charge is 2.03. The van der Waals surface area contributed by atoms with E-state index in [1.807, 2.05) is 0 Å². The van der Waals surface area contributed by atoms with E-state index < -0.39 is 0 Å². The van der Waals surface area contributed by atoms with E-state index in [-0.39, 0.29) is 5.75 Å². The van der Waals surface area contributed by atoms with E-state index in [4.69, 9.17) is 9.47 Å². The molecule has 0 spiro atoms. The average Bonchev–Trinajstić information content (AvgIpc) is 2.61. The summed E-state index contributed by atoms with van der Waals surface area (Å²) in [5, 5.41) is 13.3. The highest BCUT2D eigenvalue weighted by molar-refractivity contribution is 5.56. The highest BCUT2D eigenvalue weighted by atomic mass is 16.5. The molecule has 1 N–H and O–H groups in total. The Hall–Kier alpha value is -1.82. The quantitative estimate of drug-likeness (QED) is 0.741. The molecule has 0 aliphatic rings. The smallest absolute Gasteiger partial charge is 0.232 e. The normalized spacial score (nSPS) is 10.7. The van der Waals surface area contributed by atoms with E-state index in [1.165, 1.54) is 16.9 Å². The Bertz CT molecular complexity index is 455. The molecule has 80 valence electrons. The zero-order valence-electron chi connectivity index (χ0n) is 8.25. The largest absolute Gasteiger partial charge is 0.504 e. The van der Waals surface area contributed by atoms with Crippen LogP contribution in [0.3, 0.4) is 0 Å². The lowest BCUT2D eigenvalue weighted by molar-refractivity contribution is 0.143. The summed E-state index contributed by atoms with van der Waals surface area (Å²) in [5.74, 6) is 0.550. The number of ether oxygens (including phenoxy) is 2. The van der Waals surface area contributed by atoms with Crippen molar-refractivity contribution in [1.82, 2.24) is 14.6 Å². The van der Waals surface area contributed by atoms with Gasteiger partial charge in [0.1, 0.15) is 12.1 Å². The van der Waals surface area contributed by atoms with Crippen LogP contribution in [0.4, 0.5) is 0 Å². The van der Waals surface area contributed by atoms with E-state index in [1.54, 1.807) is 13.3 Å². The summed E-state index contributed by atoms with van der Waals surface area (Å²) in [5.41, 5.74) is 0.550. The summed E-state index contributed by atoms with van der Waals surface area (Å²) >= 11 is 0. The molecule has 0 saturated heterocycles. The van der Waals surface area contributed by atoms with Crippen molar-refractivity contribution < 1.29 is 14.6 Å². The number of fused-ring (bicyclic) bond motifs is 1. The molecule has 0 aliphatic carbocycles. The fourth-order valence-corrected chi connectivity index (χ4v) is 1.16. The number of aromatic hydroxyl groups is 1. The molecule has 6 nitrogen and oxygen atoms in total. The first kappa shape index (κ1) is 9.72. The van der Waals surface area contributed by atoms with Gasteiger partial charge in [-0.3, -0.25) is 0 Å². The van der Waals surface area contributed by atoms with Gasteiger partial charge in [0.2, 0.25) is 5.88 Å². The van der Waals surface area contributed by atoms with E-state index in [2.05, 4.69) is 10.1 Å². The molecule has 0 radical (unpaired) electrons. The van der Waals surface area contributed by atoms with Crippen LogP contribution in [-0.2, 0) is 4.74 Å². The number of aromatic nitrogens is 3. The van der Waals surface area contributed by atoms with Gasteiger partial charge < -0.3 is 14.6 Å². The molecule has 2 aromatic rings. The molecule has 0 fully saturated rings. The Morgan fingerprint density at radius 1 is 1.40 bits per heavy atom. The van der Waals surface area contributed by atoms with Gasteiger partial charge >= 0.3 is 0 Å². The van der Waals surface area contributed by atoms with Gasteiger partial charge in [0, 0.05) is 7.11 Å². The molecule has 6 heteroatoms. The second-order valence-electron chi connectivity index (χ2n) is 2.93. The third-order valence-corrected chi connectivity index (χ3v) is 1.90. The minimum Gasteiger partial charge on any atom is -0.504 e. The van der Waals surface area contributed by atoms with Crippen molar-refractivity contribution in [3.63, 3.8) is 0 Å². The molecule has 2 heterocycles. The molecule has 0 aliphatic heterocycles. The van der Waals surface area contributed by atoms with Crippen molar-refractivity contribution in [2.75, 3.05) is 20.3 Å². The molecule has 15 heavy (non-hydrogen) atoms. The predicted octanol–water partition coefficient (Wildman–Crippen LogP) is 0.460. The Labute approximate surface area is 86.1 Å². The lowest BCUT2D eigenvalue weighted by Crippen LogP contribution is -2.06. The van der Waals surface area contributed by atoms with Crippen LogP contribution in [0.25, 0.3) is 5.52 Å². The minimum atomic E-state index is 0.103. The van der Waals surface area contributed by atoms with Gasteiger partial charge in [-0.25, -0.2) is 9.50 Å². The van der Waals surface area contributed by atoms with Crippen molar-refractivity contribution >= 4 is 5.52 Å². The number of hydrogen-bond donors (Lipinski definition) is 1. The fraction of sp³-hybridized carbons (Fsp3) is 0.333. The SMILES string of the molecule is COCCOc1cn2ncc(O)c2cn1. The summed E-state index contributed by atoms with van der Waals surface area (Å²) < 4.78 is 11.6. The number of rotatable bonds is 4. The Balaban J connectivity index is 2.16. The van der Waals surface area contributed by atoms with Gasteiger partial charge in [0.25, 0.3) is 0 Å². The topological polar surface area (TPSA) is 68.9 Å². The third-order valence-electron chi connectivity index (χ3n) is 1.90. The zero-order valence-corrected chi connectivity index (χ0v) is 8.25. The molecule has 0 bridgehead atoms. The van der Waals surface area contributed by atoms with Gasteiger partial charge in [-0.05, 0) is 0 Å². The molecule has 0 saturated carbocycles. The van der Waals surface area contributed by atoms with E-state index in [0.717, 1.165) is 0 Å². The maximum atomic E-state index is 9.33. The molecule has 2 aromatic heterocycles. The molecule has 0 atom stereocenters. The number of hydrogen-bond acceptors (Lipinski definition) is 5. The van der Waals surface area contributed by atoms with Gasteiger partial charge in [-0.1, -0.05) is 0 Å². The number of methoxy groups -OCH3 is 1. The van der Waals surface area contributed by atoms with Crippen LogP contribution in [0.15, 0.2) is 18.6 Å². The van der Waals surface area contributed by atoms with E-state index >= 15 is 0 Å². The first-order valence-corrected chi connectivity index (χ1v) is 4.45. The summed E-state index contributed by atoms with van der Waals surface area (Å²) in [7, 11) is 1.60. The lowest BCUT2D eigenvalue weighted by atomic mass is 10.5. The van der Waals surface area contributed by atoms with Crippen LogP contribution >= 0.6 is 0 Å². The van der Waals surface area contributed by atoms with Crippen molar-refractivity contribution in [1.29, 1.82) is 0 Å². The Morgan fingerprint density at radius 3 is 3.07 bits per heavy atom. The van der Waals surface area contributed by atoms with Crippen LogP contribution in [0, 0.1) is 0 Å². The standard InChI is InChI=1S/C9H11N3O3/c1-14-2-3-15-9-6-12-7(4-10-9)8(13)5-11-12/h4-6,13H,2-3H2,1H3. The Kier molecular flexibility index (Phi) is 2.68. The highest BCUT2D eigenvalue weighted by Crippen LogP contribution is 2.17. The van der Waals surface area contributed by atoms with Crippen molar-refractivity contribution in [3.05, 3.63) is 18.6 Å². The maximum absolute atomic E-state index is 9.33. The molecular weight excluding hydrogens is 198 g/mol. The van der Waals surface area contributed by atoms with Gasteiger partial charge in [0.05, 0.1) is 25.2 Å². The summed E-state index contributed by atoms with van der Waals surface area (Å²) in [6.07, 6.45) is 4.46. The number of nitrogens with zero attached hydrogens (tertiary/aromatic N) is 3. The lowest BCUT2D eigenvalue weighted by Gasteiger charge is -2.03. The van der Waals surface area contributed by atoms with Gasteiger partial charge in [-0.15, -0.1) is 0 Å². The van der Waals surface area contributed by atoms with Gasteiger partial charge in [-0.2, -0.15) is 5.10 Å². The van der Waals surface area contributed by atoms with Crippen LogP contribution in [-0.4, -0.2) is 40.0 Å². The Morgan fingerprint density at radius 2 is 2.27 bits per heavy atom.